The van der Waals surface area contributed by atoms with E-state index in [2.05, 4.69) is 10.3 Å². The smallest absolute Gasteiger partial charge is 0.411 e. The minimum atomic E-state index is -4.09. The van der Waals surface area contributed by atoms with Gasteiger partial charge in [0.1, 0.15) is 0 Å². The first-order chi connectivity index (χ1) is 21.6. The predicted molar refractivity (Wildman–Crippen MR) is 174 cm³/mol. The Hall–Kier alpha value is -3.55. The molecule has 0 aliphatic carbocycles. The first-order valence-electron chi connectivity index (χ1n) is 14.6. The summed E-state index contributed by atoms with van der Waals surface area (Å²) in [6.07, 6.45) is -2.31. The molecule has 1 aliphatic rings. The van der Waals surface area contributed by atoms with Crippen LogP contribution in [-0.4, -0.2) is 83.0 Å². The van der Waals surface area contributed by atoms with E-state index in [1.807, 2.05) is 67.6 Å². The molecule has 2 amide bonds. The number of hydrogen-bond acceptors (Lipinski definition) is 8. The molecule has 2 heterocycles. The summed E-state index contributed by atoms with van der Waals surface area (Å²) < 4.78 is 35.1. The number of carbonyl (C=O) groups excluding carboxylic acids is 2. The Bertz CT molecular complexity index is 1710. The Kier molecular flexibility index (Phi) is 10.7. The molecule has 5 rings (SSSR count). The quantitative estimate of drug-likeness (QED) is 0.190. The number of nitrogens with one attached hydrogen (secondary N) is 1. The van der Waals surface area contributed by atoms with Gasteiger partial charge in [-0.2, -0.15) is 4.31 Å². The third-order valence-electron chi connectivity index (χ3n) is 7.66. The topological polar surface area (TPSA) is 129 Å². The minimum Gasteiger partial charge on any atom is -0.434 e. The number of alkyl halides is 1. The summed E-state index contributed by atoms with van der Waals surface area (Å²) in [6, 6.07) is 22.4. The Morgan fingerprint density at radius 1 is 1.11 bits per heavy atom. The molecular formula is C32H35ClN4O6S2. The van der Waals surface area contributed by atoms with E-state index in [1.165, 1.54) is 26.6 Å². The van der Waals surface area contributed by atoms with Gasteiger partial charge in [-0.25, -0.2) is 18.2 Å². The highest BCUT2D eigenvalue weighted by Gasteiger charge is 2.38. The molecule has 0 spiro atoms. The zero-order chi connectivity index (χ0) is 32.0. The van der Waals surface area contributed by atoms with Gasteiger partial charge < -0.3 is 15.2 Å². The van der Waals surface area contributed by atoms with Crippen LogP contribution in [0.4, 0.5) is 4.79 Å². The summed E-state index contributed by atoms with van der Waals surface area (Å²) >= 11 is 7.79. The number of cyclic esters (lactones) is 1. The van der Waals surface area contributed by atoms with E-state index in [1.54, 1.807) is 17.6 Å². The van der Waals surface area contributed by atoms with E-state index in [4.69, 9.17) is 16.3 Å². The highest BCUT2D eigenvalue weighted by Crippen LogP contribution is 2.26. The highest BCUT2D eigenvalue weighted by molar-refractivity contribution is 7.89. The second kappa shape index (κ2) is 14.7. The maximum absolute atomic E-state index is 13.9. The van der Waals surface area contributed by atoms with Crippen molar-refractivity contribution in [1.29, 1.82) is 0 Å². The number of aliphatic hydroxyl groups excluding tert-OH is 1. The number of hydrogen-bond donors (Lipinski definition) is 2. The molecular weight excluding hydrogens is 636 g/mol. The molecule has 4 aromatic rings. The number of nitrogens with zero attached hydrogens (tertiary/aromatic N) is 3. The van der Waals surface area contributed by atoms with Gasteiger partial charge in [-0.05, 0) is 42.2 Å². The van der Waals surface area contributed by atoms with E-state index in [0.29, 0.717) is 11.9 Å². The summed E-state index contributed by atoms with van der Waals surface area (Å²) in [6.45, 7) is 1.81. The molecule has 238 valence electrons. The van der Waals surface area contributed by atoms with Gasteiger partial charge in [-0.15, -0.1) is 22.9 Å². The molecule has 1 aliphatic heterocycles. The molecule has 13 heteroatoms. The minimum absolute atomic E-state index is 0.0404. The van der Waals surface area contributed by atoms with Gasteiger partial charge in [0.15, 0.2) is 6.10 Å². The van der Waals surface area contributed by atoms with Crippen LogP contribution in [-0.2, 0) is 32.5 Å². The van der Waals surface area contributed by atoms with E-state index >= 15 is 0 Å². The average molecular weight is 671 g/mol. The number of fused-ring (bicyclic) bond motifs is 1. The number of halogens is 1. The van der Waals surface area contributed by atoms with Crippen LogP contribution in [0.2, 0.25) is 0 Å². The third-order valence-corrected chi connectivity index (χ3v) is 10.7. The molecule has 0 saturated carbocycles. The highest BCUT2D eigenvalue weighted by atomic mass is 35.5. The standard InChI is InChI=1S/C32H35ClN4O6S2/c1-2-24(33)18-37(45(41,42)25-13-14-26-30(16-25)44-21-34-26)19-28(38)27(15-22-9-5-3-6-10-22)35-31(39)29-20-36(32(40)43-29)17-23-11-7-4-8-12-23/h3-14,16,21,24,27-29,38H,2,15,17-20H2,1H3,(H,35,39). The Morgan fingerprint density at radius 3 is 2.49 bits per heavy atom. The number of rotatable bonds is 14. The molecule has 2 N–H and O–H groups in total. The normalized spacial score (nSPS) is 17.3. The number of amides is 2. The molecule has 1 saturated heterocycles. The van der Waals surface area contributed by atoms with Gasteiger partial charge in [-0.3, -0.25) is 9.69 Å². The number of carbonyl (C=O) groups is 2. The number of aliphatic hydroxyl groups is 1. The summed E-state index contributed by atoms with van der Waals surface area (Å²) in [7, 11) is -4.09. The van der Waals surface area contributed by atoms with Gasteiger partial charge in [0.05, 0.1) is 39.3 Å². The third kappa shape index (κ3) is 8.19. The zero-order valence-electron chi connectivity index (χ0n) is 24.7. The molecule has 3 aromatic carbocycles. The van der Waals surface area contributed by atoms with E-state index < -0.39 is 45.7 Å². The lowest BCUT2D eigenvalue weighted by Crippen LogP contribution is -2.53. The maximum atomic E-state index is 13.9. The summed E-state index contributed by atoms with van der Waals surface area (Å²) in [5, 5.41) is 13.9. The van der Waals surface area contributed by atoms with Crippen molar-refractivity contribution >= 4 is 55.2 Å². The first-order valence-corrected chi connectivity index (χ1v) is 17.4. The Morgan fingerprint density at radius 2 is 1.80 bits per heavy atom. The first kappa shape index (κ1) is 32.8. The van der Waals surface area contributed by atoms with Gasteiger partial charge in [0.25, 0.3) is 5.91 Å². The van der Waals surface area contributed by atoms with Gasteiger partial charge >= 0.3 is 6.09 Å². The second-order valence-electron chi connectivity index (χ2n) is 10.9. The van der Waals surface area contributed by atoms with Gasteiger partial charge in [0, 0.05) is 25.0 Å². The molecule has 4 atom stereocenters. The number of ether oxygens (including phenoxy) is 1. The van der Waals surface area contributed by atoms with E-state index in [-0.39, 0.29) is 37.5 Å². The predicted octanol–water partition coefficient (Wildman–Crippen LogP) is 4.41. The van der Waals surface area contributed by atoms with Crippen LogP contribution in [0.5, 0.6) is 0 Å². The summed E-state index contributed by atoms with van der Waals surface area (Å²) in [4.78, 5) is 31.7. The molecule has 10 nitrogen and oxygen atoms in total. The molecule has 45 heavy (non-hydrogen) atoms. The molecule has 4 unspecified atom stereocenters. The molecule has 0 radical (unpaired) electrons. The van der Waals surface area contributed by atoms with Crippen molar-refractivity contribution in [3.05, 3.63) is 95.5 Å². The van der Waals surface area contributed by atoms with Gasteiger partial charge in [-0.1, -0.05) is 67.6 Å². The number of thiazole rings is 1. The van der Waals surface area contributed by atoms with Crippen LogP contribution in [0.3, 0.4) is 0 Å². The Labute approximate surface area is 271 Å². The van der Waals surface area contributed by atoms with Crippen molar-refractivity contribution in [1.82, 2.24) is 19.5 Å². The number of aromatic nitrogens is 1. The van der Waals surface area contributed by atoms with Crippen LogP contribution >= 0.6 is 22.9 Å². The average Bonchev–Trinajstić information content (AvgIpc) is 3.67. The van der Waals surface area contributed by atoms with Crippen molar-refractivity contribution in [2.75, 3.05) is 19.6 Å². The molecule has 0 bridgehead atoms. The van der Waals surface area contributed by atoms with Crippen LogP contribution in [0.15, 0.2) is 89.3 Å². The SMILES string of the molecule is CCC(Cl)CN(CC(O)C(Cc1ccccc1)NC(=O)C1CN(Cc2ccccc2)C(=O)O1)S(=O)(=O)c1ccc2ncsc2c1. The fourth-order valence-electron chi connectivity index (χ4n) is 5.11. The fraction of sp³-hybridized carbons (Fsp3) is 0.344. The van der Waals surface area contributed by atoms with Crippen LogP contribution in [0, 0.1) is 0 Å². The van der Waals surface area contributed by atoms with E-state index in [9.17, 15) is 23.1 Å². The number of sulfonamides is 1. The van der Waals surface area contributed by atoms with Gasteiger partial charge in [0.2, 0.25) is 10.0 Å². The van der Waals surface area contributed by atoms with Crippen molar-refractivity contribution in [3.8, 4) is 0 Å². The summed E-state index contributed by atoms with van der Waals surface area (Å²) in [5.41, 5.74) is 4.06. The second-order valence-corrected chi connectivity index (χ2v) is 14.4. The maximum Gasteiger partial charge on any atom is 0.411 e. The fourth-order valence-corrected chi connectivity index (χ4v) is 7.68. The Balaban J connectivity index is 1.35. The molecule has 1 fully saturated rings. The largest absolute Gasteiger partial charge is 0.434 e. The number of benzene rings is 3. The zero-order valence-corrected chi connectivity index (χ0v) is 27.0. The molecule has 1 aromatic heterocycles. The van der Waals surface area contributed by atoms with Crippen molar-refractivity contribution in [3.63, 3.8) is 0 Å². The van der Waals surface area contributed by atoms with Crippen LogP contribution < -0.4 is 5.32 Å². The lowest BCUT2D eigenvalue weighted by Gasteiger charge is -2.31. The van der Waals surface area contributed by atoms with Crippen LogP contribution in [0.25, 0.3) is 10.2 Å². The lowest BCUT2D eigenvalue weighted by molar-refractivity contribution is -0.129. The van der Waals surface area contributed by atoms with Crippen LogP contribution in [0.1, 0.15) is 24.5 Å². The van der Waals surface area contributed by atoms with Crippen molar-refractivity contribution in [2.24, 2.45) is 0 Å². The lowest BCUT2D eigenvalue weighted by atomic mass is 10.0. The monoisotopic (exact) mass is 670 g/mol. The van der Waals surface area contributed by atoms with Crippen molar-refractivity contribution in [2.45, 2.75) is 54.8 Å². The van der Waals surface area contributed by atoms with E-state index in [0.717, 1.165) is 15.8 Å². The van der Waals surface area contributed by atoms with Crippen molar-refractivity contribution < 1.29 is 27.9 Å². The summed E-state index contributed by atoms with van der Waals surface area (Å²) in [5.74, 6) is -0.576.